The van der Waals surface area contributed by atoms with Gasteiger partial charge in [-0.05, 0) is 27.7 Å². The Morgan fingerprint density at radius 1 is 0.840 bits per heavy atom. The molecule has 2 saturated heterocycles. The molecule has 2 fully saturated rings. The Bertz CT molecular complexity index is 434. The van der Waals surface area contributed by atoms with Crippen LogP contribution in [0.1, 0.15) is 27.7 Å². The van der Waals surface area contributed by atoms with Gasteiger partial charge >= 0.3 is 0 Å². The van der Waals surface area contributed by atoms with Crippen molar-refractivity contribution in [3.05, 3.63) is 0 Å². The Morgan fingerprint density at radius 2 is 1.36 bits per heavy atom. The van der Waals surface area contributed by atoms with Crippen LogP contribution in [0.15, 0.2) is 0 Å². The standard InChI is InChI=1S/C18H34N4O3/c1-15(2)22(16(3)4)18(24)14-19-5-7-21(8-6-19)17(23)13-20-9-11-25-12-10-20/h15-16H,5-14H2,1-4H3. The van der Waals surface area contributed by atoms with Gasteiger partial charge in [-0.1, -0.05) is 0 Å². The molecule has 0 spiro atoms. The van der Waals surface area contributed by atoms with Gasteiger partial charge in [0.1, 0.15) is 0 Å². The second-order valence-electron chi connectivity index (χ2n) is 7.53. The molecule has 0 saturated carbocycles. The van der Waals surface area contributed by atoms with Crippen molar-refractivity contribution in [2.24, 2.45) is 0 Å². The van der Waals surface area contributed by atoms with Crippen LogP contribution in [-0.4, -0.2) is 109 Å². The lowest BCUT2D eigenvalue weighted by Crippen LogP contribution is -2.54. The van der Waals surface area contributed by atoms with Gasteiger partial charge in [-0.15, -0.1) is 0 Å². The summed E-state index contributed by atoms with van der Waals surface area (Å²) >= 11 is 0. The van der Waals surface area contributed by atoms with E-state index in [-0.39, 0.29) is 23.9 Å². The number of hydrogen-bond donors (Lipinski definition) is 0. The van der Waals surface area contributed by atoms with E-state index in [1.165, 1.54) is 0 Å². The summed E-state index contributed by atoms with van der Waals surface area (Å²) in [6.45, 7) is 15.2. The van der Waals surface area contributed by atoms with E-state index in [0.717, 1.165) is 26.2 Å². The molecular formula is C18H34N4O3. The predicted octanol–water partition coefficient (Wildman–Crippen LogP) is 0.108. The van der Waals surface area contributed by atoms with Gasteiger partial charge in [-0.25, -0.2) is 0 Å². The third kappa shape index (κ3) is 5.94. The molecule has 7 nitrogen and oxygen atoms in total. The minimum atomic E-state index is 0.179. The van der Waals surface area contributed by atoms with Crippen LogP contribution in [-0.2, 0) is 14.3 Å². The van der Waals surface area contributed by atoms with E-state index in [1.807, 2.05) is 9.80 Å². The Hall–Kier alpha value is -1.18. The number of piperazine rings is 1. The number of morpholine rings is 1. The minimum absolute atomic E-state index is 0.179. The molecule has 2 rings (SSSR count). The van der Waals surface area contributed by atoms with Gasteiger partial charge in [0.2, 0.25) is 11.8 Å². The molecule has 25 heavy (non-hydrogen) atoms. The van der Waals surface area contributed by atoms with Crippen molar-refractivity contribution in [3.63, 3.8) is 0 Å². The van der Waals surface area contributed by atoms with Crippen molar-refractivity contribution < 1.29 is 14.3 Å². The fourth-order valence-electron chi connectivity index (χ4n) is 3.65. The zero-order valence-corrected chi connectivity index (χ0v) is 16.2. The lowest BCUT2D eigenvalue weighted by molar-refractivity contribution is -0.138. The monoisotopic (exact) mass is 354 g/mol. The maximum Gasteiger partial charge on any atom is 0.237 e. The highest BCUT2D eigenvalue weighted by Gasteiger charge is 2.27. The quantitative estimate of drug-likeness (QED) is 0.678. The zero-order chi connectivity index (χ0) is 18.4. The summed E-state index contributed by atoms with van der Waals surface area (Å²) in [5, 5.41) is 0. The SMILES string of the molecule is CC(C)N(C(=O)CN1CCN(C(=O)CN2CCOCC2)CC1)C(C)C. The van der Waals surface area contributed by atoms with Crippen LogP contribution in [0.5, 0.6) is 0 Å². The van der Waals surface area contributed by atoms with Crippen LogP contribution >= 0.6 is 0 Å². The maximum atomic E-state index is 12.6. The maximum absolute atomic E-state index is 12.6. The van der Waals surface area contributed by atoms with Crippen molar-refractivity contribution in [2.75, 3.05) is 65.6 Å². The first-order valence-electron chi connectivity index (χ1n) is 9.50. The summed E-state index contributed by atoms with van der Waals surface area (Å²) < 4.78 is 5.32. The summed E-state index contributed by atoms with van der Waals surface area (Å²) in [6, 6.07) is 0.424. The number of nitrogens with zero attached hydrogens (tertiary/aromatic N) is 4. The average Bonchev–Trinajstić information content (AvgIpc) is 2.55. The molecule has 2 heterocycles. The molecule has 0 bridgehead atoms. The van der Waals surface area contributed by atoms with E-state index in [2.05, 4.69) is 37.5 Å². The third-order valence-electron chi connectivity index (χ3n) is 4.95. The fraction of sp³-hybridized carbons (Fsp3) is 0.889. The highest BCUT2D eigenvalue weighted by molar-refractivity contribution is 5.79. The zero-order valence-electron chi connectivity index (χ0n) is 16.2. The summed E-state index contributed by atoms with van der Waals surface area (Å²) in [5.41, 5.74) is 0. The van der Waals surface area contributed by atoms with E-state index < -0.39 is 0 Å². The van der Waals surface area contributed by atoms with Crippen molar-refractivity contribution >= 4 is 11.8 Å². The number of carbonyl (C=O) groups excluding carboxylic acids is 2. The summed E-state index contributed by atoms with van der Waals surface area (Å²) in [7, 11) is 0. The molecule has 0 aromatic rings. The molecule has 0 N–H and O–H groups in total. The summed E-state index contributed by atoms with van der Waals surface area (Å²) in [6.07, 6.45) is 0. The average molecular weight is 354 g/mol. The molecule has 0 aromatic heterocycles. The van der Waals surface area contributed by atoms with Gasteiger partial charge in [0, 0.05) is 51.4 Å². The largest absolute Gasteiger partial charge is 0.379 e. The molecule has 0 atom stereocenters. The van der Waals surface area contributed by atoms with E-state index >= 15 is 0 Å². The first kappa shape index (κ1) is 20.1. The van der Waals surface area contributed by atoms with Crippen molar-refractivity contribution in [1.82, 2.24) is 19.6 Å². The summed E-state index contributed by atoms with van der Waals surface area (Å²) in [4.78, 5) is 33.2. The van der Waals surface area contributed by atoms with Crippen molar-refractivity contribution in [1.29, 1.82) is 0 Å². The van der Waals surface area contributed by atoms with Crippen molar-refractivity contribution in [3.8, 4) is 0 Å². The number of carbonyl (C=O) groups is 2. The Kier molecular flexibility index (Phi) is 7.65. The van der Waals surface area contributed by atoms with Crippen molar-refractivity contribution in [2.45, 2.75) is 39.8 Å². The van der Waals surface area contributed by atoms with Crippen LogP contribution in [0.25, 0.3) is 0 Å². The van der Waals surface area contributed by atoms with Crippen LogP contribution in [0.3, 0.4) is 0 Å². The molecule has 0 radical (unpaired) electrons. The Balaban J connectivity index is 1.75. The van der Waals surface area contributed by atoms with E-state index in [1.54, 1.807) is 0 Å². The third-order valence-corrected chi connectivity index (χ3v) is 4.95. The molecule has 0 aliphatic carbocycles. The summed E-state index contributed by atoms with van der Waals surface area (Å²) in [5.74, 6) is 0.372. The predicted molar refractivity (Wildman–Crippen MR) is 97.4 cm³/mol. The highest BCUT2D eigenvalue weighted by Crippen LogP contribution is 2.09. The van der Waals surface area contributed by atoms with Gasteiger partial charge in [0.25, 0.3) is 0 Å². The second kappa shape index (κ2) is 9.50. The molecular weight excluding hydrogens is 320 g/mol. The van der Waals surface area contributed by atoms with Gasteiger partial charge in [-0.2, -0.15) is 0 Å². The van der Waals surface area contributed by atoms with Crippen LogP contribution < -0.4 is 0 Å². The molecule has 2 amide bonds. The minimum Gasteiger partial charge on any atom is -0.379 e. The number of hydrogen-bond acceptors (Lipinski definition) is 5. The van der Waals surface area contributed by atoms with E-state index in [9.17, 15) is 9.59 Å². The topological polar surface area (TPSA) is 56.3 Å². The normalized spacial score (nSPS) is 20.3. The molecule has 144 valence electrons. The first-order chi connectivity index (χ1) is 11.9. The molecule has 0 unspecified atom stereocenters. The number of rotatable bonds is 6. The van der Waals surface area contributed by atoms with Crippen LogP contribution in [0.2, 0.25) is 0 Å². The second-order valence-corrected chi connectivity index (χ2v) is 7.53. The Morgan fingerprint density at radius 3 is 1.88 bits per heavy atom. The number of amides is 2. The molecule has 2 aliphatic rings. The smallest absolute Gasteiger partial charge is 0.237 e. The lowest BCUT2D eigenvalue weighted by Gasteiger charge is -2.38. The molecule has 2 aliphatic heterocycles. The van der Waals surface area contributed by atoms with E-state index in [0.29, 0.717) is 39.4 Å². The molecule has 7 heteroatoms. The van der Waals surface area contributed by atoms with Crippen LogP contribution in [0.4, 0.5) is 0 Å². The van der Waals surface area contributed by atoms with E-state index in [4.69, 9.17) is 4.74 Å². The van der Waals surface area contributed by atoms with Crippen LogP contribution in [0, 0.1) is 0 Å². The number of ether oxygens (including phenoxy) is 1. The van der Waals surface area contributed by atoms with Gasteiger partial charge in [0.05, 0.1) is 26.3 Å². The first-order valence-corrected chi connectivity index (χ1v) is 9.50. The van der Waals surface area contributed by atoms with Gasteiger partial charge in [0.15, 0.2) is 0 Å². The fourth-order valence-corrected chi connectivity index (χ4v) is 3.65. The lowest BCUT2D eigenvalue weighted by atomic mass is 10.2. The van der Waals surface area contributed by atoms with Gasteiger partial charge in [-0.3, -0.25) is 19.4 Å². The Labute approximate surface area is 151 Å². The molecule has 0 aromatic carbocycles. The highest BCUT2D eigenvalue weighted by atomic mass is 16.5. The van der Waals surface area contributed by atoms with Gasteiger partial charge < -0.3 is 14.5 Å².